The first-order chi connectivity index (χ1) is 7.97. The first kappa shape index (κ1) is 12.4. The molecule has 5 heteroatoms. The molecule has 1 saturated heterocycles. The summed E-state index contributed by atoms with van der Waals surface area (Å²) in [5, 5.41) is 9.26. The van der Waals surface area contributed by atoms with Crippen molar-refractivity contribution < 1.29 is 19.4 Å². The van der Waals surface area contributed by atoms with E-state index < -0.39 is 11.4 Å². The maximum absolute atomic E-state index is 12.4. The molecule has 5 nitrogen and oxygen atoms in total. The topological polar surface area (TPSA) is 66.8 Å². The minimum Gasteiger partial charge on any atom is -0.480 e. The van der Waals surface area contributed by atoms with Gasteiger partial charge in [0.15, 0.2) is 0 Å². The van der Waals surface area contributed by atoms with Gasteiger partial charge in [-0.2, -0.15) is 0 Å². The van der Waals surface area contributed by atoms with Crippen LogP contribution < -0.4 is 0 Å². The number of carboxylic acids is 1. The summed E-state index contributed by atoms with van der Waals surface area (Å²) in [5.41, 5.74) is -1.15. The van der Waals surface area contributed by atoms with Gasteiger partial charge in [0.25, 0.3) is 0 Å². The molecular formula is C12H19NO4. The van der Waals surface area contributed by atoms with Crippen molar-refractivity contribution in [2.45, 2.75) is 45.3 Å². The highest BCUT2D eigenvalue weighted by molar-refractivity contribution is 6.03. The number of aliphatic carboxylic acids is 1. The van der Waals surface area contributed by atoms with E-state index in [4.69, 9.17) is 4.74 Å². The minimum absolute atomic E-state index is 0.0129. The van der Waals surface area contributed by atoms with Crippen LogP contribution in [0.4, 0.5) is 0 Å². The lowest BCUT2D eigenvalue weighted by Crippen LogP contribution is -2.59. The lowest BCUT2D eigenvalue weighted by atomic mass is 9.67. The number of hydrogen-bond acceptors (Lipinski definition) is 3. The average Bonchev–Trinajstić information content (AvgIpc) is 2.19. The molecule has 17 heavy (non-hydrogen) atoms. The predicted octanol–water partition coefficient (Wildman–Crippen LogP) is 0.877. The Morgan fingerprint density at radius 1 is 1.35 bits per heavy atom. The zero-order valence-electron chi connectivity index (χ0n) is 10.3. The van der Waals surface area contributed by atoms with E-state index in [2.05, 4.69) is 0 Å². The fourth-order valence-electron chi connectivity index (χ4n) is 2.51. The first-order valence-electron chi connectivity index (χ1n) is 6.13. The third kappa shape index (κ3) is 1.92. The molecule has 2 aliphatic rings. The van der Waals surface area contributed by atoms with E-state index in [1.165, 1.54) is 0 Å². The van der Waals surface area contributed by atoms with Gasteiger partial charge in [0.2, 0.25) is 5.91 Å². The maximum atomic E-state index is 12.4. The number of morpholine rings is 1. The van der Waals surface area contributed by atoms with E-state index in [0.717, 1.165) is 6.42 Å². The number of nitrogens with zero attached hydrogens (tertiary/aromatic N) is 1. The van der Waals surface area contributed by atoms with Crippen LogP contribution in [0.3, 0.4) is 0 Å². The summed E-state index contributed by atoms with van der Waals surface area (Å²) in [6.45, 7) is 4.79. The summed E-state index contributed by atoms with van der Waals surface area (Å²) in [6, 6.07) is -0.0319. The number of rotatable bonds is 2. The Kier molecular flexibility index (Phi) is 3.12. The van der Waals surface area contributed by atoms with Crippen LogP contribution in [0.1, 0.15) is 33.1 Å². The fraction of sp³-hybridized carbons (Fsp3) is 0.833. The molecule has 0 radical (unpaired) electrons. The third-order valence-corrected chi connectivity index (χ3v) is 3.89. The molecule has 0 aromatic rings. The van der Waals surface area contributed by atoms with E-state index in [1.54, 1.807) is 4.90 Å². The second kappa shape index (κ2) is 4.29. The summed E-state index contributed by atoms with van der Waals surface area (Å²) in [4.78, 5) is 25.4. The molecule has 2 atom stereocenters. The van der Waals surface area contributed by atoms with E-state index in [9.17, 15) is 14.7 Å². The van der Waals surface area contributed by atoms with E-state index >= 15 is 0 Å². The van der Waals surface area contributed by atoms with Crippen LogP contribution in [0.5, 0.6) is 0 Å². The molecule has 96 valence electrons. The molecule has 0 bridgehead atoms. The van der Waals surface area contributed by atoms with Gasteiger partial charge in [0, 0.05) is 6.54 Å². The Hall–Kier alpha value is -1.10. The van der Waals surface area contributed by atoms with Crippen LogP contribution in [0.2, 0.25) is 0 Å². The molecule has 1 N–H and O–H groups in total. The van der Waals surface area contributed by atoms with E-state index in [-0.39, 0.29) is 18.1 Å². The van der Waals surface area contributed by atoms with E-state index in [1.807, 2.05) is 13.8 Å². The van der Waals surface area contributed by atoms with Gasteiger partial charge in [0.05, 0.1) is 18.8 Å². The van der Waals surface area contributed by atoms with Gasteiger partial charge in [-0.25, -0.2) is 0 Å². The molecule has 2 fully saturated rings. The Labute approximate surface area is 101 Å². The summed E-state index contributed by atoms with van der Waals surface area (Å²) < 4.78 is 5.45. The highest BCUT2D eigenvalue weighted by atomic mass is 16.5. The molecule has 2 unspecified atom stereocenters. The number of hydrogen-bond donors (Lipinski definition) is 1. The molecule has 1 heterocycles. The average molecular weight is 241 g/mol. The van der Waals surface area contributed by atoms with E-state index in [0.29, 0.717) is 26.0 Å². The van der Waals surface area contributed by atoms with Gasteiger partial charge < -0.3 is 14.7 Å². The molecule has 1 amide bonds. The Bertz CT molecular complexity index is 337. The normalized spacial score (nSPS) is 31.8. The zero-order chi connectivity index (χ0) is 12.6. The van der Waals surface area contributed by atoms with Crippen molar-refractivity contribution in [1.82, 2.24) is 4.90 Å². The first-order valence-corrected chi connectivity index (χ1v) is 6.13. The number of carbonyl (C=O) groups excluding carboxylic acids is 1. The Morgan fingerprint density at radius 2 is 2.00 bits per heavy atom. The number of carboxylic acid groups (broad SMARTS) is 1. The van der Waals surface area contributed by atoms with Gasteiger partial charge in [-0.05, 0) is 26.7 Å². The van der Waals surface area contributed by atoms with Crippen molar-refractivity contribution in [3.63, 3.8) is 0 Å². The zero-order valence-corrected chi connectivity index (χ0v) is 10.3. The molecule has 1 aliphatic heterocycles. The quantitative estimate of drug-likeness (QED) is 0.729. The lowest BCUT2D eigenvalue weighted by molar-refractivity contribution is -0.173. The van der Waals surface area contributed by atoms with Crippen LogP contribution in [0.15, 0.2) is 0 Å². The Morgan fingerprint density at radius 3 is 2.47 bits per heavy atom. The van der Waals surface area contributed by atoms with Gasteiger partial charge >= 0.3 is 5.97 Å². The summed E-state index contributed by atoms with van der Waals surface area (Å²) in [7, 11) is 0. The fourth-order valence-corrected chi connectivity index (χ4v) is 2.51. The standard InChI is InChI=1S/C12H19NO4/c1-8-7-17-9(2)6-13(8)10(14)12(11(15)16)4-3-5-12/h8-9H,3-7H2,1-2H3,(H,15,16). The highest BCUT2D eigenvalue weighted by Gasteiger charge is 2.54. The van der Waals surface area contributed by atoms with Crippen molar-refractivity contribution in [3.8, 4) is 0 Å². The third-order valence-electron chi connectivity index (χ3n) is 3.89. The van der Waals surface area contributed by atoms with Crippen LogP contribution in [-0.2, 0) is 14.3 Å². The number of ether oxygens (including phenoxy) is 1. The van der Waals surface area contributed by atoms with Gasteiger partial charge in [-0.15, -0.1) is 0 Å². The van der Waals surface area contributed by atoms with Crippen molar-refractivity contribution in [3.05, 3.63) is 0 Å². The highest BCUT2D eigenvalue weighted by Crippen LogP contribution is 2.43. The van der Waals surface area contributed by atoms with Crippen LogP contribution in [-0.4, -0.2) is 47.2 Å². The van der Waals surface area contributed by atoms with Crippen molar-refractivity contribution in [1.29, 1.82) is 0 Å². The summed E-state index contributed by atoms with van der Waals surface area (Å²) in [6.07, 6.45) is 1.76. The van der Waals surface area contributed by atoms with Crippen molar-refractivity contribution >= 4 is 11.9 Å². The minimum atomic E-state index is -1.15. The predicted molar refractivity (Wildman–Crippen MR) is 60.5 cm³/mol. The largest absolute Gasteiger partial charge is 0.480 e. The smallest absolute Gasteiger partial charge is 0.319 e. The molecule has 1 aliphatic carbocycles. The van der Waals surface area contributed by atoms with Gasteiger partial charge in [-0.3, -0.25) is 9.59 Å². The van der Waals surface area contributed by atoms with Crippen molar-refractivity contribution in [2.75, 3.05) is 13.2 Å². The SMILES string of the molecule is CC1CN(C(=O)C2(C(=O)O)CCC2)C(C)CO1. The summed E-state index contributed by atoms with van der Waals surface area (Å²) >= 11 is 0. The second-order valence-corrected chi connectivity index (χ2v) is 5.19. The van der Waals surface area contributed by atoms with Gasteiger partial charge in [0.1, 0.15) is 5.41 Å². The number of carbonyl (C=O) groups is 2. The molecule has 2 rings (SSSR count). The molecule has 1 saturated carbocycles. The van der Waals surface area contributed by atoms with Crippen LogP contribution in [0.25, 0.3) is 0 Å². The molecular weight excluding hydrogens is 222 g/mol. The van der Waals surface area contributed by atoms with Crippen molar-refractivity contribution in [2.24, 2.45) is 5.41 Å². The Balaban J connectivity index is 2.15. The maximum Gasteiger partial charge on any atom is 0.319 e. The number of amides is 1. The lowest BCUT2D eigenvalue weighted by Gasteiger charge is -2.44. The van der Waals surface area contributed by atoms with Crippen LogP contribution in [0, 0.1) is 5.41 Å². The molecule has 0 aromatic heterocycles. The molecule has 0 aromatic carbocycles. The second-order valence-electron chi connectivity index (χ2n) is 5.19. The van der Waals surface area contributed by atoms with Gasteiger partial charge in [-0.1, -0.05) is 6.42 Å². The monoisotopic (exact) mass is 241 g/mol. The van der Waals surface area contributed by atoms with Crippen LogP contribution >= 0.6 is 0 Å². The molecule has 0 spiro atoms. The summed E-state index contributed by atoms with van der Waals surface area (Å²) in [5.74, 6) is -1.20.